The molecule has 0 aliphatic carbocycles. The van der Waals surface area contributed by atoms with Crippen LogP contribution in [-0.4, -0.2) is 22.5 Å². The fourth-order valence-corrected chi connectivity index (χ4v) is 2.53. The summed E-state index contributed by atoms with van der Waals surface area (Å²) < 4.78 is 11.0. The van der Waals surface area contributed by atoms with Crippen LogP contribution in [0.5, 0.6) is 5.75 Å². The molecule has 0 amide bonds. The first-order valence-electron chi connectivity index (χ1n) is 7.26. The minimum Gasteiger partial charge on any atom is -0.493 e. The summed E-state index contributed by atoms with van der Waals surface area (Å²) in [6.07, 6.45) is 1.30. The maximum absolute atomic E-state index is 11.7. The van der Waals surface area contributed by atoms with Crippen molar-refractivity contribution in [1.29, 1.82) is 0 Å². The van der Waals surface area contributed by atoms with Crippen LogP contribution in [0.1, 0.15) is 49.4 Å². The summed E-state index contributed by atoms with van der Waals surface area (Å²) in [5.41, 5.74) is 1.15. The van der Waals surface area contributed by atoms with Gasteiger partial charge in [0.15, 0.2) is 5.82 Å². The average Bonchev–Trinajstić information content (AvgIpc) is 3.02. The molecule has 5 nitrogen and oxygen atoms in total. The Balaban J connectivity index is 1.77. The number of nitrogens with zero attached hydrogens (tertiary/aromatic N) is 2. The van der Waals surface area contributed by atoms with Gasteiger partial charge in [0.25, 0.3) is 0 Å². The molecule has 1 aromatic heterocycles. The number of hydrogen-bond acceptors (Lipinski definition) is 5. The molecule has 2 aromatic rings. The summed E-state index contributed by atoms with van der Waals surface area (Å²) in [6, 6.07) is 7.97. The number of ether oxygens (including phenoxy) is 1. The number of hydrogen-bond donors (Lipinski definition) is 0. The molecule has 5 heteroatoms. The van der Waals surface area contributed by atoms with Gasteiger partial charge < -0.3 is 9.26 Å². The molecule has 0 radical (unpaired) electrons. The largest absolute Gasteiger partial charge is 0.493 e. The van der Waals surface area contributed by atoms with Crippen LogP contribution in [0, 0.1) is 0 Å². The summed E-state index contributed by atoms with van der Waals surface area (Å²) >= 11 is 0. The molecule has 110 valence electrons. The van der Waals surface area contributed by atoms with Gasteiger partial charge in [0, 0.05) is 6.42 Å². The number of aromatic nitrogens is 2. The Bertz CT molecular complexity index is 650. The fourth-order valence-electron chi connectivity index (χ4n) is 2.53. The Hall–Kier alpha value is -2.17. The molecule has 1 aliphatic rings. The molecule has 1 aromatic carbocycles. The Morgan fingerprint density at radius 3 is 3.05 bits per heavy atom. The fraction of sp³-hybridized carbons (Fsp3) is 0.438. The zero-order chi connectivity index (χ0) is 14.8. The van der Waals surface area contributed by atoms with Crippen LogP contribution in [-0.2, 0) is 11.2 Å². The van der Waals surface area contributed by atoms with E-state index in [9.17, 15) is 4.79 Å². The van der Waals surface area contributed by atoms with E-state index in [1.165, 1.54) is 0 Å². The first kappa shape index (κ1) is 13.8. The number of benzene rings is 1. The molecule has 21 heavy (non-hydrogen) atoms. The predicted octanol–water partition coefficient (Wildman–Crippen LogP) is 2.87. The summed E-state index contributed by atoms with van der Waals surface area (Å²) in [5.74, 6) is 1.78. The van der Waals surface area contributed by atoms with E-state index in [4.69, 9.17) is 9.26 Å². The third-order valence-electron chi connectivity index (χ3n) is 3.90. The van der Waals surface area contributed by atoms with Gasteiger partial charge in [-0.2, -0.15) is 4.98 Å². The number of fused-ring (bicyclic) bond motifs is 1. The first-order valence-corrected chi connectivity index (χ1v) is 7.26. The van der Waals surface area contributed by atoms with Crippen molar-refractivity contribution in [2.75, 3.05) is 6.61 Å². The lowest BCUT2D eigenvalue weighted by Crippen LogP contribution is -2.20. The lowest BCUT2D eigenvalue weighted by molar-refractivity contribution is -0.120. The SMILES string of the molecule is CCC(=O)C(C)c1nc(C2COc3ccccc3C2)no1. The van der Waals surface area contributed by atoms with Crippen LogP contribution in [0.15, 0.2) is 28.8 Å². The number of Topliss-reactive ketones (excluding diaryl/α,β-unsaturated/α-hetero) is 1. The van der Waals surface area contributed by atoms with E-state index >= 15 is 0 Å². The molecule has 0 saturated carbocycles. The molecule has 2 atom stereocenters. The highest BCUT2D eigenvalue weighted by molar-refractivity contribution is 5.83. The average molecular weight is 286 g/mol. The van der Waals surface area contributed by atoms with E-state index in [0.29, 0.717) is 24.7 Å². The number of para-hydroxylation sites is 1. The van der Waals surface area contributed by atoms with Crippen molar-refractivity contribution in [3.05, 3.63) is 41.5 Å². The van der Waals surface area contributed by atoms with Gasteiger partial charge in [-0.15, -0.1) is 0 Å². The molecule has 0 N–H and O–H groups in total. The summed E-state index contributed by atoms with van der Waals surface area (Å²) in [7, 11) is 0. The van der Waals surface area contributed by atoms with E-state index in [0.717, 1.165) is 17.7 Å². The number of rotatable bonds is 4. The topological polar surface area (TPSA) is 65.2 Å². The molecule has 2 heterocycles. The Morgan fingerprint density at radius 1 is 1.43 bits per heavy atom. The van der Waals surface area contributed by atoms with Crippen molar-refractivity contribution in [1.82, 2.24) is 10.1 Å². The van der Waals surface area contributed by atoms with Gasteiger partial charge in [-0.05, 0) is 25.0 Å². The van der Waals surface area contributed by atoms with Crippen LogP contribution in [0.25, 0.3) is 0 Å². The maximum Gasteiger partial charge on any atom is 0.236 e. The number of carbonyl (C=O) groups is 1. The highest BCUT2D eigenvalue weighted by atomic mass is 16.5. The highest BCUT2D eigenvalue weighted by Crippen LogP contribution is 2.31. The zero-order valence-corrected chi connectivity index (χ0v) is 12.2. The molecule has 3 rings (SSSR count). The molecular weight excluding hydrogens is 268 g/mol. The normalized spacial score (nSPS) is 18.7. The third kappa shape index (κ3) is 2.68. The van der Waals surface area contributed by atoms with E-state index in [-0.39, 0.29) is 17.6 Å². The van der Waals surface area contributed by atoms with Gasteiger partial charge in [-0.25, -0.2) is 0 Å². The molecule has 0 bridgehead atoms. The Morgan fingerprint density at radius 2 is 2.24 bits per heavy atom. The Kier molecular flexibility index (Phi) is 3.73. The lowest BCUT2D eigenvalue weighted by Gasteiger charge is -2.22. The van der Waals surface area contributed by atoms with E-state index in [2.05, 4.69) is 10.1 Å². The minimum atomic E-state index is -0.340. The Labute approximate surface area is 123 Å². The van der Waals surface area contributed by atoms with Gasteiger partial charge in [0.1, 0.15) is 11.5 Å². The summed E-state index contributed by atoms with van der Waals surface area (Å²) in [4.78, 5) is 16.1. The molecule has 0 fully saturated rings. The van der Waals surface area contributed by atoms with Gasteiger partial charge in [0.05, 0.1) is 18.4 Å². The molecular formula is C16H18N2O3. The van der Waals surface area contributed by atoms with Crippen LogP contribution in [0.4, 0.5) is 0 Å². The van der Waals surface area contributed by atoms with Crippen LogP contribution < -0.4 is 4.74 Å². The van der Waals surface area contributed by atoms with Crippen molar-refractivity contribution in [2.24, 2.45) is 0 Å². The van der Waals surface area contributed by atoms with Gasteiger partial charge >= 0.3 is 0 Å². The second-order valence-electron chi connectivity index (χ2n) is 5.35. The van der Waals surface area contributed by atoms with Crippen molar-refractivity contribution >= 4 is 5.78 Å². The summed E-state index contributed by atoms with van der Waals surface area (Å²) in [6.45, 7) is 4.17. The lowest BCUT2D eigenvalue weighted by atomic mass is 9.96. The van der Waals surface area contributed by atoms with E-state index in [1.54, 1.807) is 6.92 Å². The number of carbonyl (C=O) groups excluding carboxylic acids is 1. The van der Waals surface area contributed by atoms with Gasteiger partial charge in [-0.1, -0.05) is 30.3 Å². The first-order chi connectivity index (χ1) is 10.2. The molecule has 0 spiro atoms. The van der Waals surface area contributed by atoms with Crippen LogP contribution in [0.2, 0.25) is 0 Å². The standard InChI is InChI=1S/C16H18N2O3/c1-3-13(19)10(2)16-17-15(18-21-16)12-8-11-6-4-5-7-14(11)20-9-12/h4-7,10,12H,3,8-9H2,1-2H3. The smallest absolute Gasteiger partial charge is 0.236 e. The highest BCUT2D eigenvalue weighted by Gasteiger charge is 2.27. The third-order valence-corrected chi connectivity index (χ3v) is 3.90. The van der Waals surface area contributed by atoms with E-state index in [1.807, 2.05) is 31.2 Å². The van der Waals surface area contributed by atoms with E-state index < -0.39 is 0 Å². The number of ketones is 1. The van der Waals surface area contributed by atoms with Crippen molar-refractivity contribution in [3.63, 3.8) is 0 Å². The maximum atomic E-state index is 11.7. The van der Waals surface area contributed by atoms with Crippen molar-refractivity contribution in [3.8, 4) is 5.75 Å². The summed E-state index contributed by atoms with van der Waals surface area (Å²) in [5, 5.41) is 4.03. The van der Waals surface area contributed by atoms with Crippen LogP contribution >= 0.6 is 0 Å². The molecule has 0 saturated heterocycles. The molecule has 1 aliphatic heterocycles. The van der Waals surface area contributed by atoms with Crippen LogP contribution in [0.3, 0.4) is 0 Å². The minimum absolute atomic E-state index is 0.0707. The van der Waals surface area contributed by atoms with Gasteiger partial charge in [0.2, 0.25) is 5.89 Å². The monoisotopic (exact) mass is 286 g/mol. The second-order valence-corrected chi connectivity index (χ2v) is 5.35. The van der Waals surface area contributed by atoms with Crippen molar-refractivity contribution in [2.45, 2.75) is 38.5 Å². The quantitative estimate of drug-likeness (QED) is 0.864. The van der Waals surface area contributed by atoms with Crippen molar-refractivity contribution < 1.29 is 14.1 Å². The zero-order valence-electron chi connectivity index (χ0n) is 12.2. The second kappa shape index (κ2) is 5.68. The predicted molar refractivity (Wildman–Crippen MR) is 76.4 cm³/mol. The molecule has 2 unspecified atom stereocenters. The van der Waals surface area contributed by atoms with Gasteiger partial charge in [-0.3, -0.25) is 4.79 Å².